The maximum absolute atomic E-state index is 14.7. The van der Waals surface area contributed by atoms with Gasteiger partial charge < -0.3 is 19.4 Å². The number of amides is 1. The fourth-order valence-corrected chi connectivity index (χ4v) is 6.66. The number of pyridine rings is 1. The van der Waals surface area contributed by atoms with Crippen LogP contribution >= 0.6 is 11.6 Å². The van der Waals surface area contributed by atoms with Gasteiger partial charge in [0, 0.05) is 58.7 Å². The third-order valence-corrected chi connectivity index (χ3v) is 9.67. The largest absolute Gasteiger partial charge is 0.473 e. The Morgan fingerprint density at radius 1 is 1.10 bits per heavy atom. The van der Waals surface area contributed by atoms with Gasteiger partial charge in [0.25, 0.3) is 5.91 Å². The van der Waals surface area contributed by atoms with E-state index in [1.807, 2.05) is 24.3 Å². The Hall–Kier alpha value is -5.17. The van der Waals surface area contributed by atoms with Crippen LogP contribution in [0.3, 0.4) is 0 Å². The summed E-state index contributed by atoms with van der Waals surface area (Å²) in [6.07, 6.45) is 3.99. The highest BCUT2D eigenvalue weighted by Gasteiger charge is 2.24. The number of fused-ring (bicyclic) bond motifs is 2. The fraction of sp³-hybridized carbons (Fsp3) is 0.263. The lowest BCUT2D eigenvalue weighted by molar-refractivity contribution is -0.0591. The van der Waals surface area contributed by atoms with Crippen molar-refractivity contribution in [3.63, 3.8) is 0 Å². The van der Waals surface area contributed by atoms with Gasteiger partial charge in [-0.15, -0.1) is 0 Å². The molecular weight excluding hydrogens is 676 g/mol. The Morgan fingerprint density at radius 2 is 1.98 bits per heavy atom. The molecule has 3 aromatic carbocycles. The summed E-state index contributed by atoms with van der Waals surface area (Å²) in [6.45, 7) is 5.32. The second-order valence-corrected chi connectivity index (χ2v) is 13.3. The number of ether oxygens (including phenoxy) is 2. The van der Waals surface area contributed by atoms with Crippen LogP contribution in [0.25, 0.3) is 27.5 Å². The lowest BCUT2D eigenvalue weighted by Gasteiger charge is -2.29. The van der Waals surface area contributed by atoms with Gasteiger partial charge in [-0.05, 0) is 73.9 Å². The van der Waals surface area contributed by atoms with E-state index in [0.717, 1.165) is 59.8 Å². The number of H-pyrrole nitrogens is 1. The van der Waals surface area contributed by atoms with Gasteiger partial charge in [-0.2, -0.15) is 5.10 Å². The second-order valence-electron chi connectivity index (χ2n) is 12.9. The molecule has 1 atom stereocenters. The molecule has 5 heterocycles. The number of carbonyl (C=O) groups is 1. The summed E-state index contributed by atoms with van der Waals surface area (Å²) >= 11 is 5.87. The van der Waals surface area contributed by atoms with E-state index >= 15 is 0 Å². The number of hydrogen-bond donors (Lipinski definition) is 2. The van der Waals surface area contributed by atoms with E-state index in [-0.39, 0.29) is 24.1 Å². The molecule has 51 heavy (non-hydrogen) atoms. The van der Waals surface area contributed by atoms with Crippen molar-refractivity contribution >= 4 is 50.7 Å². The number of nitrogens with one attached hydrogen (secondary N) is 2. The van der Waals surface area contributed by atoms with Gasteiger partial charge in [0.2, 0.25) is 5.88 Å². The topological polar surface area (TPSA) is 110 Å². The van der Waals surface area contributed by atoms with E-state index in [1.165, 1.54) is 12.1 Å². The molecule has 3 aromatic heterocycles. The van der Waals surface area contributed by atoms with Gasteiger partial charge >= 0.3 is 0 Å². The van der Waals surface area contributed by atoms with E-state index in [9.17, 15) is 13.6 Å². The molecular formula is C38H34ClF2N7O3. The maximum Gasteiger partial charge on any atom is 0.255 e. The smallest absolute Gasteiger partial charge is 0.255 e. The van der Waals surface area contributed by atoms with Crippen LogP contribution < -0.4 is 10.1 Å². The Morgan fingerprint density at radius 3 is 2.76 bits per heavy atom. The van der Waals surface area contributed by atoms with E-state index in [2.05, 4.69) is 36.0 Å². The van der Waals surface area contributed by atoms with Crippen LogP contribution in [0.1, 0.15) is 46.0 Å². The SMILES string of the molecule is Cc1[nH]nc2c(F)cc(NC(=O)c3ccc4nc(CN5CC=C(c6cccc(OCc7ccc(Cl)cc7F)n6)CC5)n(CC5CCO5)c4c3)cc12. The van der Waals surface area contributed by atoms with Crippen molar-refractivity contribution in [2.45, 2.75) is 45.6 Å². The Bertz CT molecular complexity index is 2320. The standard InChI is InChI=1S/C38H34ClF2N7O3/c1-22-29-17-27(18-31(41)37(29)46-45-22)42-38(49)24-6-8-33-34(15-24)48(19-28-11-14-50-28)35(43-33)20-47-12-9-23(10-13-47)32-3-2-4-36(44-32)51-21-25-5-7-26(39)16-30(25)40/h2-9,15-18,28H,10-14,19-21H2,1H3,(H,42,49)(H,45,46). The number of imidazole rings is 1. The molecule has 1 amide bonds. The molecule has 0 spiro atoms. The number of carbonyl (C=O) groups excluding carboxylic acids is 1. The van der Waals surface area contributed by atoms with Gasteiger partial charge in [0.05, 0.1) is 35.9 Å². The molecule has 0 aliphatic carbocycles. The van der Waals surface area contributed by atoms with Crippen LogP contribution in [-0.2, 0) is 24.4 Å². The molecule has 1 saturated heterocycles. The van der Waals surface area contributed by atoms with E-state index < -0.39 is 11.6 Å². The van der Waals surface area contributed by atoms with E-state index in [4.69, 9.17) is 26.1 Å². The average molecular weight is 710 g/mol. The zero-order valence-corrected chi connectivity index (χ0v) is 28.5. The highest BCUT2D eigenvalue weighted by molar-refractivity contribution is 6.30. The van der Waals surface area contributed by atoms with Gasteiger partial charge in [-0.25, -0.2) is 18.7 Å². The molecule has 2 aliphatic heterocycles. The first kappa shape index (κ1) is 33.0. The lowest BCUT2D eigenvalue weighted by atomic mass is 10.0. The maximum atomic E-state index is 14.7. The number of halogens is 3. The first-order valence-corrected chi connectivity index (χ1v) is 17.2. The second kappa shape index (κ2) is 13.9. The van der Waals surface area contributed by atoms with Crippen molar-refractivity contribution in [2.75, 3.05) is 25.0 Å². The monoisotopic (exact) mass is 709 g/mol. The summed E-state index contributed by atoms with van der Waals surface area (Å²) in [5, 5.41) is 10.6. The summed E-state index contributed by atoms with van der Waals surface area (Å²) in [5.41, 5.74) is 5.73. The molecule has 6 aromatic rings. The minimum atomic E-state index is -0.507. The Balaban J connectivity index is 0.975. The molecule has 1 fully saturated rings. The zero-order valence-electron chi connectivity index (χ0n) is 27.8. The first-order valence-electron chi connectivity index (χ1n) is 16.8. The minimum Gasteiger partial charge on any atom is -0.473 e. The number of benzene rings is 3. The number of aryl methyl sites for hydroxylation is 1. The van der Waals surface area contributed by atoms with Crippen molar-refractivity contribution in [1.29, 1.82) is 0 Å². The van der Waals surface area contributed by atoms with Crippen molar-refractivity contribution < 1.29 is 23.0 Å². The molecule has 2 aliphatic rings. The fourth-order valence-electron chi connectivity index (χ4n) is 6.50. The molecule has 260 valence electrons. The normalized spacial score (nSPS) is 16.3. The Labute approximate surface area is 297 Å². The van der Waals surface area contributed by atoms with Crippen LogP contribution in [-0.4, -0.2) is 61.3 Å². The number of rotatable bonds is 10. The third-order valence-electron chi connectivity index (χ3n) is 9.43. The Kier molecular flexibility index (Phi) is 8.97. The summed E-state index contributed by atoms with van der Waals surface area (Å²) < 4.78 is 42.6. The van der Waals surface area contributed by atoms with Gasteiger partial charge in [-0.3, -0.25) is 14.8 Å². The van der Waals surface area contributed by atoms with Crippen LogP contribution in [0.5, 0.6) is 5.88 Å². The lowest BCUT2D eigenvalue weighted by Crippen LogP contribution is -2.33. The van der Waals surface area contributed by atoms with E-state index in [0.29, 0.717) is 52.7 Å². The highest BCUT2D eigenvalue weighted by Crippen LogP contribution is 2.28. The molecule has 10 nitrogen and oxygen atoms in total. The minimum absolute atomic E-state index is 0.0489. The predicted octanol–water partition coefficient (Wildman–Crippen LogP) is 7.46. The van der Waals surface area contributed by atoms with Crippen molar-refractivity contribution in [1.82, 2.24) is 29.6 Å². The summed E-state index contributed by atoms with van der Waals surface area (Å²) in [5.74, 6) is 0.0422. The van der Waals surface area contributed by atoms with Crippen LogP contribution in [0.15, 0.2) is 72.8 Å². The predicted molar refractivity (Wildman–Crippen MR) is 191 cm³/mol. The summed E-state index contributed by atoms with van der Waals surface area (Å²) in [7, 11) is 0. The van der Waals surface area contributed by atoms with Crippen LogP contribution in [0.2, 0.25) is 5.02 Å². The van der Waals surface area contributed by atoms with Crippen molar-refractivity contribution in [3.8, 4) is 5.88 Å². The zero-order chi connectivity index (χ0) is 35.1. The summed E-state index contributed by atoms with van der Waals surface area (Å²) in [4.78, 5) is 25.4. The quantitative estimate of drug-likeness (QED) is 0.152. The number of nitrogens with zero attached hydrogens (tertiary/aromatic N) is 5. The molecule has 0 bridgehead atoms. The number of aromatic nitrogens is 5. The summed E-state index contributed by atoms with van der Waals surface area (Å²) in [6, 6.07) is 18.5. The highest BCUT2D eigenvalue weighted by atomic mass is 35.5. The van der Waals surface area contributed by atoms with Crippen LogP contribution in [0.4, 0.5) is 14.5 Å². The number of aromatic amines is 1. The molecule has 2 N–H and O–H groups in total. The van der Waals surface area contributed by atoms with E-state index in [1.54, 1.807) is 37.3 Å². The van der Waals surface area contributed by atoms with Gasteiger partial charge in [-0.1, -0.05) is 29.8 Å². The number of hydrogen-bond acceptors (Lipinski definition) is 7. The van der Waals surface area contributed by atoms with Crippen molar-refractivity contribution in [3.05, 3.63) is 118 Å². The van der Waals surface area contributed by atoms with Crippen LogP contribution in [0, 0.1) is 18.6 Å². The molecule has 0 radical (unpaired) electrons. The third kappa shape index (κ3) is 6.94. The van der Waals surface area contributed by atoms with Crippen molar-refractivity contribution in [2.24, 2.45) is 0 Å². The molecule has 8 rings (SSSR count). The first-order chi connectivity index (χ1) is 24.8. The molecule has 1 unspecified atom stereocenters. The molecule has 13 heteroatoms. The van der Waals surface area contributed by atoms with Gasteiger partial charge in [0.15, 0.2) is 5.82 Å². The number of anilines is 1. The van der Waals surface area contributed by atoms with Gasteiger partial charge in [0.1, 0.15) is 23.8 Å². The average Bonchev–Trinajstić information content (AvgIpc) is 3.65. The molecule has 0 saturated carbocycles.